The first-order chi connectivity index (χ1) is 4.66. The summed E-state index contributed by atoms with van der Waals surface area (Å²) in [6, 6.07) is 0. The van der Waals surface area contributed by atoms with E-state index in [1.54, 1.807) is 0 Å². The lowest BCUT2D eigenvalue weighted by Crippen LogP contribution is -2.28. The predicted molar refractivity (Wildman–Crippen MR) is 38.2 cm³/mol. The zero-order valence-corrected chi connectivity index (χ0v) is 6.48. The number of carbonyl (C=O) groups excluding carboxylic acids is 1. The molecule has 0 saturated carbocycles. The summed E-state index contributed by atoms with van der Waals surface area (Å²) in [6.45, 7) is 3.30. The van der Waals surface area contributed by atoms with Crippen LogP contribution in [0.4, 0.5) is 4.39 Å². The number of rotatable bonds is 4. The Balaban J connectivity index is 3.26. The summed E-state index contributed by atoms with van der Waals surface area (Å²) >= 11 is 0. The van der Waals surface area contributed by atoms with Crippen molar-refractivity contribution in [1.82, 2.24) is 5.32 Å². The molecule has 0 aliphatic heterocycles. The SMILES string of the molecule is CCCCC(=O)NC(C)F. The minimum Gasteiger partial charge on any atom is -0.327 e. The molecule has 10 heavy (non-hydrogen) atoms. The van der Waals surface area contributed by atoms with Crippen LogP contribution in [0.5, 0.6) is 0 Å². The van der Waals surface area contributed by atoms with Gasteiger partial charge in [-0.25, -0.2) is 4.39 Å². The summed E-state index contributed by atoms with van der Waals surface area (Å²) in [7, 11) is 0. The number of halogens is 1. The third kappa shape index (κ3) is 5.54. The first-order valence-electron chi connectivity index (χ1n) is 3.60. The fourth-order valence-corrected chi connectivity index (χ4v) is 0.631. The molecule has 1 amide bonds. The van der Waals surface area contributed by atoms with Crippen LogP contribution in [0.3, 0.4) is 0 Å². The Morgan fingerprint density at radius 3 is 2.70 bits per heavy atom. The third-order valence-electron chi connectivity index (χ3n) is 1.12. The lowest BCUT2D eigenvalue weighted by atomic mass is 10.2. The molecule has 0 spiro atoms. The van der Waals surface area contributed by atoms with Gasteiger partial charge < -0.3 is 5.32 Å². The molecule has 0 saturated heterocycles. The quantitative estimate of drug-likeness (QED) is 0.601. The molecule has 0 aromatic rings. The maximum absolute atomic E-state index is 12.0. The third-order valence-corrected chi connectivity index (χ3v) is 1.12. The lowest BCUT2D eigenvalue weighted by molar-refractivity contribution is -0.122. The van der Waals surface area contributed by atoms with Gasteiger partial charge in [0.25, 0.3) is 0 Å². The number of carbonyl (C=O) groups is 1. The highest BCUT2D eigenvalue weighted by Crippen LogP contribution is 1.94. The van der Waals surface area contributed by atoms with E-state index < -0.39 is 6.30 Å². The fourth-order valence-electron chi connectivity index (χ4n) is 0.631. The topological polar surface area (TPSA) is 29.1 Å². The van der Waals surface area contributed by atoms with Gasteiger partial charge in [-0.15, -0.1) is 0 Å². The Bertz CT molecular complexity index is 104. The maximum atomic E-state index is 12.0. The maximum Gasteiger partial charge on any atom is 0.222 e. The van der Waals surface area contributed by atoms with Crippen LogP contribution in [0.25, 0.3) is 0 Å². The molecule has 1 atom stereocenters. The highest BCUT2D eigenvalue weighted by atomic mass is 19.1. The Morgan fingerprint density at radius 2 is 2.30 bits per heavy atom. The number of hydrogen-bond acceptors (Lipinski definition) is 1. The number of alkyl halides is 1. The second kappa shape index (κ2) is 5.21. The molecule has 1 unspecified atom stereocenters. The van der Waals surface area contributed by atoms with Crippen molar-refractivity contribution in [2.45, 2.75) is 39.4 Å². The Hall–Kier alpha value is -0.600. The Labute approximate surface area is 60.8 Å². The molecule has 0 aliphatic carbocycles. The molecule has 2 nitrogen and oxygen atoms in total. The largest absolute Gasteiger partial charge is 0.327 e. The van der Waals surface area contributed by atoms with Gasteiger partial charge in [0.2, 0.25) is 5.91 Å². The van der Waals surface area contributed by atoms with E-state index in [1.165, 1.54) is 6.92 Å². The highest BCUT2D eigenvalue weighted by molar-refractivity contribution is 5.75. The zero-order chi connectivity index (χ0) is 7.98. The van der Waals surface area contributed by atoms with Gasteiger partial charge in [-0.1, -0.05) is 13.3 Å². The van der Waals surface area contributed by atoms with E-state index >= 15 is 0 Å². The molecule has 0 bridgehead atoms. The van der Waals surface area contributed by atoms with E-state index in [0.717, 1.165) is 12.8 Å². The molecular formula is C7H14FNO. The molecule has 60 valence electrons. The molecule has 0 radical (unpaired) electrons. The number of unbranched alkanes of at least 4 members (excludes halogenated alkanes) is 1. The van der Waals surface area contributed by atoms with Crippen molar-refractivity contribution in [2.75, 3.05) is 0 Å². The number of hydrogen-bond donors (Lipinski definition) is 1. The van der Waals surface area contributed by atoms with Crippen LogP contribution in [-0.4, -0.2) is 12.2 Å². The van der Waals surface area contributed by atoms with Crippen LogP contribution in [0.1, 0.15) is 33.1 Å². The Morgan fingerprint density at radius 1 is 1.70 bits per heavy atom. The second-order valence-corrected chi connectivity index (χ2v) is 2.29. The summed E-state index contributed by atoms with van der Waals surface area (Å²) in [5, 5.41) is 2.17. The average Bonchev–Trinajstić information content (AvgIpc) is 1.82. The summed E-state index contributed by atoms with van der Waals surface area (Å²) in [4.78, 5) is 10.7. The van der Waals surface area contributed by atoms with Gasteiger partial charge in [0.1, 0.15) is 0 Å². The van der Waals surface area contributed by atoms with Crippen LogP contribution >= 0.6 is 0 Å². The van der Waals surface area contributed by atoms with Crippen LogP contribution in [0.15, 0.2) is 0 Å². The monoisotopic (exact) mass is 147 g/mol. The molecule has 1 N–H and O–H groups in total. The lowest BCUT2D eigenvalue weighted by Gasteiger charge is -2.03. The van der Waals surface area contributed by atoms with E-state index in [0.29, 0.717) is 6.42 Å². The van der Waals surface area contributed by atoms with Gasteiger partial charge in [-0.05, 0) is 13.3 Å². The van der Waals surface area contributed by atoms with E-state index in [2.05, 4.69) is 5.32 Å². The molecule has 0 aliphatic rings. The van der Waals surface area contributed by atoms with Crippen LogP contribution in [0.2, 0.25) is 0 Å². The molecular weight excluding hydrogens is 133 g/mol. The standard InChI is InChI=1S/C7H14FNO/c1-3-4-5-7(10)9-6(2)8/h6H,3-5H2,1-2H3,(H,9,10). The second-order valence-electron chi connectivity index (χ2n) is 2.29. The van der Waals surface area contributed by atoms with Gasteiger partial charge in [0.05, 0.1) is 0 Å². The summed E-state index contributed by atoms with van der Waals surface area (Å²) in [6.07, 6.45) is 1.02. The fraction of sp³-hybridized carbons (Fsp3) is 0.857. The van der Waals surface area contributed by atoms with Gasteiger partial charge in [0.15, 0.2) is 6.30 Å². The number of nitrogens with one attached hydrogen (secondary N) is 1. The summed E-state index contributed by atoms with van der Waals surface area (Å²) in [5.41, 5.74) is 0. The van der Waals surface area contributed by atoms with E-state index in [1.807, 2.05) is 6.92 Å². The molecule has 0 fully saturated rings. The molecule has 0 aromatic heterocycles. The summed E-state index contributed by atoms with van der Waals surface area (Å²) in [5.74, 6) is -0.197. The van der Waals surface area contributed by atoms with Crippen molar-refractivity contribution in [3.8, 4) is 0 Å². The summed E-state index contributed by atoms with van der Waals surface area (Å²) < 4.78 is 12.0. The van der Waals surface area contributed by atoms with Crippen molar-refractivity contribution in [3.63, 3.8) is 0 Å². The van der Waals surface area contributed by atoms with Crippen LogP contribution in [0, 0.1) is 0 Å². The minimum absolute atomic E-state index is 0.197. The van der Waals surface area contributed by atoms with Crippen LogP contribution < -0.4 is 5.32 Å². The predicted octanol–water partition coefficient (Wildman–Crippen LogP) is 1.61. The van der Waals surface area contributed by atoms with Gasteiger partial charge in [-0.3, -0.25) is 4.79 Å². The first-order valence-corrected chi connectivity index (χ1v) is 3.60. The van der Waals surface area contributed by atoms with Gasteiger partial charge in [0, 0.05) is 6.42 Å². The smallest absolute Gasteiger partial charge is 0.222 e. The van der Waals surface area contributed by atoms with Gasteiger partial charge >= 0.3 is 0 Å². The van der Waals surface area contributed by atoms with Crippen molar-refractivity contribution < 1.29 is 9.18 Å². The molecule has 3 heteroatoms. The van der Waals surface area contributed by atoms with E-state index in [4.69, 9.17) is 0 Å². The van der Waals surface area contributed by atoms with Gasteiger partial charge in [-0.2, -0.15) is 0 Å². The minimum atomic E-state index is -1.22. The highest BCUT2D eigenvalue weighted by Gasteiger charge is 2.02. The normalized spacial score (nSPS) is 12.7. The van der Waals surface area contributed by atoms with Crippen molar-refractivity contribution in [3.05, 3.63) is 0 Å². The zero-order valence-electron chi connectivity index (χ0n) is 6.48. The number of amides is 1. The molecule has 0 rings (SSSR count). The first kappa shape index (κ1) is 9.40. The van der Waals surface area contributed by atoms with Crippen molar-refractivity contribution in [1.29, 1.82) is 0 Å². The average molecular weight is 147 g/mol. The Kier molecular flexibility index (Phi) is 4.89. The van der Waals surface area contributed by atoms with Crippen molar-refractivity contribution >= 4 is 5.91 Å². The van der Waals surface area contributed by atoms with Crippen molar-refractivity contribution in [2.24, 2.45) is 0 Å². The van der Waals surface area contributed by atoms with E-state index in [9.17, 15) is 9.18 Å². The van der Waals surface area contributed by atoms with Crippen LogP contribution in [-0.2, 0) is 4.79 Å². The molecule has 0 aromatic carbocycles. The van der Waals surface area contributed by atoms with E-state index in [-0.39, 0.29) is 5.91 Å². The molecule has 0 heterocycles.